The van der Waals surface area contributed by atoms with Crippen LogP contribution in [0.2, 0.25) is 0 Å². The van der Waals surface area contributed by atoms with Crippen LogP contribution in [0.25, 0.3) is 0 Å². The second-order valence-electron chi connectivity index (χ2n) is 12.6. The molecule has 1 atom stereocenters. The van der Waals surface area contributed by atoms with Crippen LogP contribution in [0.1, 0.15) is 69.4 Å². The van der Waals surface area contributed by atoms with Gasteiger partial charge in [0.1, 0.15) is 17.2 Å². The number of benzene rings is 2. The van der Waals surface area contributed by atoms with E-state index >= 15 is 0 Å². The van der Waals surface area contributed by atoms with Crippen LogP contribution in [-0.4, -0.2) is 42.0 Å². The molecule has 5 aliphatic rings. The smallest absolute Gasteiger partial charge is 0.360 e. The third-order valence-electron chi connectivity index (χ3n) is 9.61. The highest BCUT2D eigenvalue weighted by atomic mass is 32.2. The van der Waals surface area contributed by atoms with Crippen molar-refractivity contribution < 1.29 is 30.8 Å². The Hall–Kier alpha value is -2.79. The van der Waals surface area contributed by atoms with Gasteiger partial charge < -0.3 is 5.32 Å². The Labute approximate surface area is 237 Å². The first-order valence-electron chi connectivity index (χ1n) is 14.1. The fourth-order valence-corrected chi connectivity index (χ4v) is 8.64. The summed E-state index contributed by atoms with van der Waals surface area (Å²) in [6.45, 7) is 2.11. The molecule has 4 saturated carbocycles. The number of nitrogens with zero attached hydrogens (tertiary/aromatic N) is 2. The largest absolute Gasteiger partial charge is 0.416 e. The molecular formula is C30H33F4N3O3S. The fourth-order valence-electron chi connectivity index (χ4n) is 6.88. The number of hydrogen-bond acceptors (Lipinski definition) is 5. The summed E-state index contributed by atoms with van der Waals surface area (Å²) in [4.78, 5) is 17.7. The second kappa shape index (κ2) is 9.62. The van der Waals surface area contributed by atoms with Crippen molar-refractivity contribution in [2.24, 2.45) is 16.3 Å². The fraction of sp³-hybridized carbons (Fsp3) is 0.533. The average molecular weight is 592 g/mol. The highest BCUT2D eigenvalue weighted by Gasteiger charge is 2.75. The van der Waals surface area contributed by atoms with Crippen LogP contribution >= 0.6 is 0 Å². The van der Waals surface area contributed by atoms with Gasteiger partial charge in [0.2, 0.25) is 10.0 Å². The van der Waals surface area contributed by atoms with Crippen LogP contribution in [0.15, 0.2) is 58.4 Å². The zero-order valence-corrected chi connectivity index (χ0v) is 23.6. The first-order chi connectivity index (χ1) is 19.2. The first kappa shape index (κ1) is 28.3. The molecule has 2 aromatic rings. The van der Waals surface area contributed by atoms with Crippen LogP contribution in [0, 0.1) is 17.2 Å². The highest BCUT2D eigenvalue weighted by Crippen LogP contribution is 2.71. The van der Waals surface area contributed by atoms with Crippen molar-refractivity contribution in [1.29, 1.82) is 0 Å². The van der Waals surface area contributed by atoms with Crippen molar-refractivity contribution in [3.05, 3.63) is 65.5 Å². The first-order valence-corrected chi connectivity index (χ1v) is 15.5. The van der Waals surface area contributed by atoms with Crippen molar-refractivity contribution in [1.82, 2.24) is 9.62 Å². The zero-order valence-electron chi connectivity index (χ0n) is 22.8. The van der Waals surface area contributed by atoms with Gasteiger partial charge in [0.25, 0.3) is 0 Å². The molecule has 1 N–H and O–H groups in total. The van der Waals surface area contributed by atoms with Crippen LogP contribution < -0.4 is 5.32 Å². The molecule has 220 valence electrons. The number of hydrogen-bond donors (Lipinski definition) is 1. The number of carbonyl (C=O) groups excluding carboxylic acids is 1. The summed E-state index contributed by atoms with van der Waals surface area (Å²) in [7, 11) is -4.10. The summed E-state index contributed by atoms with van der Waals surface area (Å²) >= 11 is 0. The lowest BCUT2D eigenvalue weighted by atomic mass is 9.38. The Balaban J connectivity index is 1.19. The van der Waals surface area contributed by atoms with Gasteiger partial charge in [-0.05, 0) is 80.5 Å². The van der Waals surface area contributed by atoms with E-state index in [0.717, 1.165) is 36.5 Å². The Morgan fingerprint density at radius 2 is 1.68 bits per heavy atom. The van der Waals surface area contributed by atoms with Crippen molar-refractivity contribution in [3.8, 4) is 0 Å². The Morgan fingerprint density at radius 1 is 1.05 bits per heavy atom. The molecule has 0 aromatic heterocycles. The third kappa shape index (κ3) is 4.88. The van der Waals surface area contributed by atoms with Gasteiger partial charge in [-0.1, -0.05) is 31.4 Å². The molecule has 0 amide bonds. The minimum atomic E-state index is -4.50. The SMILES string of the molecule is C[C@@]1(C(=O)CCC2CCC2)CN=C(C23CC(N(Cc4ccc(C(F)(F)F)cc4)S(=O)(=O)c4ccc(F)cc4)(C2)C3)N1. The molecule has 1 heterocycles. The Kier molecular flexibility index (Phi) is 6.65. The molecule has 1 aliphatic heterocycles. The quantitative estimate of drug-likeness (QED) is 0.351. The molecule has 11 heteroatoms. The minimum absolute atomic E-state index is 0.0782. The van der Waals surface area contributed by atoms with Gasteiger partial charge >= 0.3 is 6.18 Å². The summed E-state index contributed by atoms with van der Waals surface area (Å²) in [6.07, 6.45) is 1.99. The minimum Gasteiger partial charge on any atom is -0.360 e. The summed E-state index contributed by atoms with van der Waals surface area (Å²) in [5.74, 6) is 0.957. The Bertz CT molecular complexity index is 1460. The number of Topliss-reactive ketones (excluding diaryl/α,β-unsaturated/α-hetero) is 1. The van der Waals surface area contributed by atoms with Crippen molar-refractivity contribution in [2.75, 3.05) is 6.54 Å². The van der Waals surface area contributed by atoms with E-state index in [2.05, 4.69) is 5.32 Å². The molecule has 0 unspecified atom stereocenters. The summed E-state index contributed by atoms with van der Waals surface area (Å²) in [5.41, 5.74) is -2.25. The maximum Gasteiger partial charge on any atom is 0.416 e. The summed E-state index contributed by atoms with van der Waals surface area (Å²) in [5, 5.41) is 3.39. The number of carbonyl (C=O) groups is 1. The maximum atomic E-state index is 13.8. The summed E-state index contributed by atoms with van der Waals surface area (Å²) in [6, 6.07) is 9.03. The van der Waals surface area contributed by atoms with Gasteiger partial charge in [-0.15, -0.1) is 0 Å². The van der Waals surface area contributed by atoms with E-state index in [4.69, 9.17) is 4.99 Å². The number of aliphatic imine (C=N–C) groups is 1. The van der Waals surface area contributed by atoms with Crippen molar-refractivity contribution >= 4 is 21.6 Å². The normalized spacial score (nSPS) is 29.3. The zero-order chi connectivity index (χ0) is 29.3. The van der Waals surface area contributed by atoms with E-state index in [-0.39, 0.29) is 22.6 Å². The molecule has 41 heavy (non-hydrogen) atoms. The van der Waals surface area contributed by atoms with Crippen molar-refractivity contribution in [2.45, 2.75) is 87.0 Å². The Morgan fingerprint density at radius 3 is 2.24 bits per heavy atom. The lowest BCUT2D eigenvalue weighted by molar-refractivity contribution is -0.151. The number of nitrogens with one attached hydrogen (secondary N) is 1. The van der Waals surface area contributed by atoms with Gasteiger partial charge in [0.05, 0.1) is 17.0 Å². The predicted octanol–water partition coefficient (Wildman–Crippen LogP) is 5.87. The van der Waals surface area contributed by atoms with E-state index in [1.54, 1.807) is 0 Å². The molecule has 6 nitrogen and oxygen atoms in total. The molecular weight excluding hydrogens is 558 g/mol. The van der Waals surface area contributed by atoms with E-state index in [9.17, 15) is 30.8 Å². The second-order valence-corrected chi connectivity index (χ2v) is 14.4. The molecule has 2 aromatic carbocycles. The topological polar surface area (TPSA) is 78.8 Å². The number of halogens is 4. The predicted molar refractivity (Wildman–Crippen MR) is 145 cm³/mol. The molecule has 2 bridgehead atoms. The maximum absolute atomic E-state index is 13.8. The monoisotopic (exact) mass is 591 g/mol. The standard InChI is InChI=1S/C30H33F4N3O3S/c1-27(25(38)14-7-20-3-2-4-20)19-35-26(36-27)28-16-29(17-28,18-28)37(41(39,40)24-12-10-23(31)11-13-24)15-21-5-8-22(9-6-21)30(32,33)34/h5-6,8-13,20H,2-4,7,14-19H2,1H3,(H,35,36)/t27-,28?,29?/m0/s1. The van der Waals surface area contributed by atoms with Gasteiger partial charge in [-0.2, -0.15) is 17.5 Å². The number of alkyl halides is 3. The third-order valence-corrected chi connectivity index (χ3v) is 11.6. The van der Waals surface area contributed by atoms with Crippen LogP contribution in [0.3, 0.4) is 0 Å². The lowest BCUT2D eigenvalue weighted by Gasteiger charge is -2.73. The molecule has 0 radical (unpaired) electrons. The van der Waals surface area contributed by atoms with E-state index in [0.29, 0.717) is 43.7 Å². The molecule has 4 fully saturated rings. The molecule has 4 aliphatic carbocycles. The van der Waals surface area contributed by atoms with Gasteiger partial charge in [0, 0.05) is 23.9 Å². The molecule has 0 saturated heterocycles. The lowest BCUT2D eigenvalue weighted by Crippen LogP contribution is -2.78. The van der Waals surface area contributed by atoms with E-state index in [1.165, 1.54) is 47.8 Å². The van der Waals surface area contributed by atoms with Gasteiger partial charge in [0.15, 0.2) is 5.78 Å². The number of ketones is 1. The summed E-state index contributed by atoms with van der Waals surface area (Å²) < 4.78 is 81.9. The number of sulfonamides is 1. The van der Waals surface area contributed by atoms with Gasteiger partial charge in [-0.25, -0.2) is 12.8 Å². The van der Waals surface area contributed by atoms with Crippen LogP contribution in [-0.2, 0) is 27.5 Å². The van der Waals surface area contributed by atoms with Crippen molar-refractivity contribution in [3.63, 3.8) is 0 Å². The molecule has 7 rings (SSSR count). The molecule has 0 spiro atoms. The van der Waals surface area contributed by atoms with E-state index in [1.807, 2.05) is 6.92 Å². The van der Waals surface area contributed by atoms with Crippen LogP contribution in [0.5, 0.6) is 0 Å². The average Bonchev–Trinajstić information content (AvgIpc) is 3.24. The number of rotatable bonds is 10. The van der Waals surface area contributed by atoms with Crippen LogP contribution in [0.4, 0.5) is 17.6 Å². The number of amidine groups is 1. The van der Waals surface area contributed by atoms with E-state index < -0.39 is 38.7 Å². The van der Waals surface area contributed by atoms with Gasteiger partial charge in [-0.3, -0.25) is 9.79 Å². The highest BCUT2D eigenvalue weighted by molar-refractivity contribution is 7.89.